The first kappa shape index (κ1) is 14.0. The van der Waals surface area contributed by atoms with E-state index >= 15 is 0 Å². The lowest BCUT2D eigenvalue weighted by atomic mass is 10.0. The van der Waals surface area contributed by atoms with E-state index in [9.17, 15) is 0 Å². The van der Waals surface area contributed by atoms with Crippen LogP contribution in [0.4, 0.5) is 0 Å². The molecule has 0 aliphatic carbocycles. The van der Waals surface area contributed by atoms with Crippen molar-refractivity contribution in [2.45, 2.75) is 33.6 Å². The summed E-state index contributed by atoms with van der Waals surface area (Å²) in [5, 5.41) is 0.508. The van der Waals surface area contributed by atoms with Crippen LogP contribution in [0.15, 0.2) is 30.3 Å². The Morgan fingerprint density at radius 1 is 1.11 bits per heavy atom. The van der Waals surface area contributed by atoms with Crippen LogP contribution in [-0.4, -0.2) is 9.97 Å². The zero-order chi connectivity index (χ0) is 13.8. The molecule has 0 saturated heterocycles. The minimum absolute atomic E-state index is 0.508. The molecule has 0 amide bonds. The van der Waals surface area contributed by atoms with Crippen LogP contribution >= 0.6 is 11.6 Å². The van der Waals surface area contributed by atoms with Crippen LogP contribution < -0.4 is 0 Å². The second-order valence-electron chi connectivity index (χ2n) is 5.15. The molecule has 2 aromatic rings. The maximum absolute atomic E-state index is 6.03. The molecule has 100 valence electrons. The summed E-state index contributed by atoms with van der Waals surface area (Å²) in [6.45, 7) is 6.51. The summed E-state index contributed by atoms with van der Waals surface area (Å²) in [5.74, 6) is 1.38. The minimum Gasteiger partial charge on any atom is -0.233 e. The molecule has 0 bridgehead atoms. The van der Waals surface area contributed by atoms with Crippen LogP contribution in [0.25, 0.3) is 11.4 Å². The lowest BCUT2D eigenvalue weighted by Gasteiger charge is -2.07. The van der Waals surface area contributed by atoms with E-state index in [-0.39, 0.29) is 0 Å². The lowest BCUT2D eigenvalue weighted by molar-refractivity contribution is 0.647. The van der Waals surface area contributed by atoms with Gasteiger partial charge in [0.1, 0.15) is 5.15 Å². The Labute approximate surface area is 119 Å². The second-order valence-corrected chi connectivity index (χ2v) is 5.54. The van der Waals surface area contributed by atoms with Crippen molar-refractivity contribution in [3.05, 3.63) is 46.7 Å². The molecule has 0 saturated carbocycles. The van der Waals surface area contributed by atoms with Crippen molar-refractivity contribution >= 4 is 11.6 Å². The zero-order valence-electron chi connectivity index (χ0n) is 11.7. The number of hydrogen-bond acceptors (Lipinski definition) is 2. The van der Waals surface area contributed by atoms with Gasteiger partial charge in [0.2, 0.25) is 0 Å². The molecule has 0 aliphatic heterocycles. The standard InChI is InChI=1S/C16H19ClN2/c1-4-14-10-15(17)19-16(18-14)13-7-5-12(6-8-13)9-11(2)3/h5-8,10-11H,4,9H2,1-3H3. The van der Waals surface area contributed by atoms with Gasteiger partial charge in [-0.1, -0.05) is 56.6 Å². The van der Waals surface area contributed by atoms with Gasteiger partial charge >= 0.3 is 0 Å². The summed E-state index contributed by atoms with van der Waals surface area (Å²) in [5.41, 5.74) is 3.34. The van der Waals surface area contributed by atoms with Gasteiger partial charge in [0.05, 0.1) is 0 Å². The quantitative estimate of drug-likeness (QED) is 0.764. The molecular weight excluding hydrogens is 256 g/mol. The van der Waals surface area contributed by atoms with Crippen molar-refractivity contribution in [1.82, 2.24) is 9.97 Å². The molecule has 0 N–H and O–H groups in total. The van der Waals surface area contributed by atoms with Gasteiger partial charge in [0.25, 0.3) is 0 Å². The molecule has 1 heterocycles. The molecule has 2 nitrogen and oxygen atoms in total. The highest BCUT2D eigenvalue weighted by molar-refractivity contribution is 6.29. The Morgan fingerprint density at radius 2 is 1.79 bits per heavy atom. The van der Waals surface area contributed by atoms with Crippen molar-refractivity contribution < 1.29 is 0 Å². The number of benzene rings is 1. The molecule has 1 aromatic carbocycles. The van der Waals surface area contributed by atoms with Crippen molar-refractivity contribution in [3.63, 3.8) is 0 Å². The molecule has 1 aromatic heterocycles. The van der Waals surface area contributed by atoms with E-state index in [4.69, 9.17) is 11.6 Å². The summed E-state index contributed by atoms with van der Waals surface area (Å²) in [7, 11) is 0. The van der Waals surface area contributed by atoms with Gasteiger partial charge in [0.15, 0.2) is 5.82 Å². The summed E-state index contributed by atoms with van der Waals surface area (Å²) < 4.78 is 0. The van der Waals surface area contributed by atoms with Crippen LogP contribution in [0.1, 0.15) is 32.0 Å². The number of rotatable bonds is 4. The predicted molar refractivity (Wildman–Crippen MR) is 80.4 cm³/mol. The van der Waals surface area contributed by atoms with Crippen molar-refractivity contribution in [3.8, 4) is 11.4 Å². The van der Waals surface area contributed by atoms with Gasteiger partial charge in [-0.05, 0) is 30.4 Å². The number of nitrogens with zero attached hydrogens (tertiary/aromatic N) is 2. The SMILES string of the molecule is CCc1cc(Cl)nc(-c2ccc(CC(C)C)cc2)n1. The van der Waals surface area contributed by atoms with Gasteiger partial charge in [-0.3, -0.25) is 0 Å². The smallest absolute Gasteiger partial charge is 0.161 e. The third-order valence-electron chi connectivity index (χ3n) is 2.97. The van der Waals surface area contributed by atoms with E-state index in [0.29, 0.717) is 16.9 Å². The van der Waals surface area contributed by atoms with Crippen LogP contribution in [0.2, 0.25) is 5.15 Å². The molecule has 3 heteroatoms. The number of halogens is 1. The minimum atomic E-state index is 0.508. The summed E-state index contributed by atoms with van der Waals surface area (Å²) in [6, 6.07) is 10.3. The Bertz CT molecular complexity index is 547. The van der Waals surface area contributed by atoms with Gasteiger partial charge < -0.3 is 0 Å². The maximum Gasteiger partial charge on any atom is 0.161 e. The predicted octanol–water partition coefficient (Wildman–Crippen LogP) is 4.56. The fraction of sp³-hybridized carbons (Fsp3) is 0.375. The second kappa shape index (κ2) is 6.16. The van der Waals surface area contributed by atoms with Crippen LogP contribution in [0.3, 0.4) is 0 Å². The monoisotopic (exact) mass is 274 g/mol. The molecule has 0 radical (unpaired) electrons. The normalized spacial score (nSPS) is 11.0. The van der Waals surface area contributed by atoms with Crippen LogP contribution in [0.5, 0.6) is 0 Å². The zero-order valence-corrected chi connectivity index (χ0v) is 12.4. The van der Waals surface area contributed by atoms with Crippen molar-refractivity contribution in [1.29, 1.82) is 0 Å². The highest BCUT2D eigenvalue weighted by Gasteiger charge is 2.05. The maximum atomic E-state index is 6.03. The Morgan fingerprint density at radius 3 is 2.37 bits per heavy atom. The van der Waals surface area contributed by atoms with E-state index in [1.807, 2.05) is 6.07 Å². The molecular formula is C16H19ClN2. The van der Waals surface area contributed by atoms with Crippen LogP contribution in [-0.2, 0) is 12.8 Å². The van der Waals surface area contributed by atoms with Crippen molar-refractivity contribution in [2.75, 3.05) is 0 Å². The topological polar surface area (TPSA) is 25.8 Å². The van der Waals surface area contributed by atoms with E-state index in [2.05, 4.69) is 55.0 Å². The van der Waals surface area contributed by atoms with Crippen molar-refractivity contribution in [2.24, 2.45) is 5.92 Å². The van der Waals surface area contributed by atoms with Crippen LogP contribution in [0, 0.1) is 5.92 Å². The molecule has 2 rings (SSSR count). The number of aromatic nitrogens is 2. The average molecular weight is 275 g/mol. The molecule has 19 heavy (non-hydrogen) atoms. The molecule has 0 fully saturated rings. The molecule has 0 aliphatic rings. The van der Waals surface area contributed by atoms with Gasteiger partial charge in [-0.25, -0.2) is 9.97 Å². The first-order chi connectivity index (χ1) is 9.08. The third-order valence-corrected chi connectivity index (χ3v) is 3.16. The summed E-state index contributed by atoms with van der Waals surface area (Å²) in [4.78, 5) is 8.81. The summed E-state index contributed by atoms with van der Waals surface area (Å²) in [6.07, 6.45) is 1.96. The fourth-order valence-corrected chi connectivity index (χ4v) is 2.24. The van der Waals surface area contributed by atoms with E-state index in [0.717, 1.165) is 24.1 Å². The highest BCUT2D eigenvalue weighted by Crippen LogP contribution is 2.20. The number of hydrogen-bond donors (Lipinski definition) is 0. The molecule has 0 unspecified atom stereocenters. The average Bonchev–Trinajstić information content (AvgIpc) is 2.38. The Balaban J connectivity index is 2.29. The third kappa shape index (κ3) is 3.77. The first-order valence-electron chi connectivity index (χ1n) is 6.71. The molecule has 0 atom stereocenters. The van der Waals surface area contributed by atoms with E-state index in [1.54, 1.807) is 0 Å². The summed E-state index contributed by atoms with van der Waals surface area (Å²) >= 11 is 6.03. The van der Waals surface area contributed by atoms with E-state index < -0.39 is 0 Å². The van der Waals surface area contributed by atoms with Gasteiger partial charge in [0, 0.05) is 11.3 Å². The van der Waals surface area contributed by atoms with Gasteiger partial charge in [-0.15, -0.1) is 0 Å². The molecule has 0 spiro atoms. The van der Waals surface area contributed by atoms with E-state index in [1.165, 1.54) is 5.56 Å². The Hall–Kier alpha value is -1.41. The fourth-order valence-electron chi connectivity index (χ4n) is 2.04. The number of aryl methyl sites for hydroxylation is 1. The highest BCUT2D eigenvalue weighted by atomic mass is 35.5. The first-order valence-corrected chi connectivity index (χ1v) is 7.09. The largest absolute Gasteiger partial charge is 0.233 e. The lowest BCUT2D eigenvalue weighted by Crippen LogP contribution is -1.96. The van der Waals surface area contributed by atoms with Gasteiger partial charge in [-0.2, -0.15) is 0 Å². The Kier molecular flexibility index (Phi) is 4.54.